The van der Waals surface area contributed by atoms with Crippen LogP contribution in [-0.4, -0.2) is 42.6 Å². The van der Waals surface area contributed by atoms with E-state index in [4.69, 9.17) is 0 Å². The van der Waals surface area contributed by atoms with Gasteiger partial charge in [-0.15, -0.1) is 30.6 Å². The Balaban J connectivity index is 0.00000484. The van der Waals surface area contributed by atoms with Crippen LogP contribution in [0.15, 0.2) is 41.9 Å². The minimum Gasteiger partial charge on any atom is -0.386 e. The maximum Gasteiger partial charge on any atom is 0.193 e. The molecule has 0 spiro atoms. The Labute approximate surface area is 155 Å². The van der Waals surface area contributed by atoms with Crippen molar-refractivity contribution in [2.75, 3.05) is 26.7 Å². The number of allylic oxidation sites excluding steroid dienone is 1. The third kappa shape index (κ3) is 8.31. The number of nitrogens with zero attached hydrogens (tertiary/aromatic N) is 2. The van der Waals surface area contributed by atoms with Gasteiger partial charge in [0.15, 0.2) is 5.96 Å². The van der Waals surface area contributed by atoms with E-state index in [0.29, 0.717) is 5.56 Å². The van der Waals surface area contributed by atoms with Crippen LogP contribution >= 0.6 is 24.0 Å². The molecule has 0 amide bonds. The van der Waals surface area contributed by atoms with Crippen LogP contribution in [-0.2, 0) is 0 Å². The molecule has 0 aliphatic rings. The van der Waals surface area contributed by atoms with Crippen molar-refractivity contribution in [3.8, 4) is 0 Å². The predicted molar refractivity (Wildman–Crippen MR) is 105 cm³/mol. The van der Waals surface area contributed by atoms with E-state index < -0.39 is 6.10 Å². The third-order valence-corrected chi connectivity index (χ3v) is 3.27. The SMILES string of the molecule is C=CCCCN(C)C(=NCC(O)c1ccc(F)cc1)NCC.I. The van der Waals surface area contributed by atoms with Gasteiger partial charge >= 0.3 is 0 Å². The summed E-state index contributed by atoms with van der Waals surface area (Å²) in [6, 6.07) is 5.84. The average Bonchev–Trinajstić information content (AvgIpc) is 2.52. The minimum atomic E-state index is -0.740. The van der Waals surface area contributed by atoms with Gasteiger partial charge in [-0.25, -0.2) is 4.39 Å². The highest BCUT2D eigenvalue weighted by Gasteiger charge is 2.09. The van der Waals surface area contributed by atoms with Gasteiger partial charge in [0.25, 0.3) is 0 Å². The van der Waals surface area contributed by atoms with E-state index in [2.05, 4.69) is 16.9 Å². The van der Waals surface area contributed by atoms with Crippen LogP contribution in [0.1, 0.15) is 31.4 Å². The average molecular weight is 435 g/mol. The summed E-state index contributed by atoms with van der Waals surface area (Å²) in [5.74, 6) is 0.447. The Morgan fingerprint density at radius 3 is 2.65 bits per heavy atom. The number of halogens is 2. The summed E-state index contributed by atoms with van der Waals surface area (Å²) >= 11 is 0. The highest BCUT2D eigenvalue weighted by molar-refractivity contribution is 14.0. The Morgan fingerprint density at radius 2 is 2.09 bits per heavy atom. The lowest BCUT2D eigenvalue weighted by molar-refractivity contribution is 0.186. The van der Waals surface area contributed by atoms with Crippen molar-refractivity contribution >= 4 is 29.9 Å². The number of aliphatic hydroxyl groups is 1. The lowest BCUT2D eigenvalue weighted by Gasteiger charge is -2.22. The molecule has 0 radical (unpaired) electrons. The summed E-state index contributed by atoms with van der Waals surface area (Å²) in [7, 11) is 1.97. The van der Waals surface area contributed by atoms with Crippen LogP contribution in [0, 0.1) is 5.82 Å². The number of rotatable bonds is 8. The van der Waals surface area contributed by atoms with E-state index in [1.165, 1.54) is 12.1 Å². The second-order valence-corrected chi connectivity index (χ2v) is 5.11. The molecule has 1 rings (SSSR count). The van der Waals surface area contributed by atoms with E-state index in [9.17, 15) is 9.50 Å². The van der Waals surface area contributed by atoms with Gasteiger partial charge < -0.3 is 15.3 Å². The van der Waals surface area contributed by atoms with Crippen LogP contribution < -0.4 is 5.32 Å². The lowest BCUT2D eigenvalue weighted by Crippen LogP contribution is -2.39. The zero-order valence-electron chi connectivity index (χ0n) is 13.8. The van der Waals surface area contributed by atoms with E-state index in [1.54, 1.807) is 12.1 Å². The molecule has 0 aliphatic carbocycles. The van der Waals surface area contributed by atoms with Crippen molar-refractivity contribution in [1.82, 2.24) is 10.2 Å². The van der Waals surface area contributed by atoms with Gasteiger partial charge in [-0.2, -0.15) is 0 Å². The van der Waals surface area contributed by atoms with E-state index >= 15 is 0 Å². The van der Waals surface area contributed by atoms with Crippen molar-refractivity contribution < 1.29 is 9.50 Å². The maximum atomic E-state index is 12.9. The van der Waals surface area contributed by atoms with Crippen LogP contribution in [0.3, 0.4) is 0 Å². The summed E-state index contributed by atoms with van der Waals surface area (Å²) in [5, 5.41) is 13.3. The quantitative estimate of drug-likeness (QED) is 0.217. The summed E-state index contributed by atoms with van der Waals surface area (Å²) in [6.45, 7) is 7.58. The van der Waals surface area contributed by atoms with Gasteiger partial charge in [0.2, 0.25) is 0 Å². The molecule has 0 fully saturated rings. The molecule has 1 atom stereocenters. The summed E-state index contributed by atoms with van der Waals surface area (Å²) in [6.07, 6.45) is 3.12. The van der Waals surface area contributed by atoms with E-state index in [0.717, 1.165) is 31.9 Å². The number of unbranched alkanes of at least 4 members (excludes halogenated alkanes) is 1. The molecule has 0 aromatic heterocycles. The first-order valence-electron chi connectivity index (χ1n) is 7.62. The molecule has 1 unspecified atom stereocenters. The Kier molecular flexibility index (Phi) is 11.7. The molecule has 2 N–H and O–H groups in total. The van der Waals surface area contributed by atoms with Crippen molar-refractivity contribution in [2.45, 2.75) is 25.9 Å². The monoisotopic (exact) mass is 435 g/mol. The van der Waals surface area contributed by atoms with Gasteiger partial charge in [0.05, 0.1) is 12.6 Å². The highest BCUT2D eigenvalue weighted by Crippen LogP contribution is 2.13. The third-order valence-electron chi connectivity index (χ3n) is 3.27. The van der Waals surface area contributed by atoms with E-state index in [-0.39, 0.29) is 36.3 Å². The predicted octanol–water partition coefficient (Wildman–Crippen LogP) is 3.34. The summed E-state index contributed by atoms with van der Waals surface area (Å²) in [5.41, 5.74) is 0.662. The second-order valence-electron chi connectivity index (χ2n) is 5.11. The van der Waals surface area contributed by atoms with Crippen LogP contribution in [0.5, 0.6) is 0 Å². The smallest absolute Gasteiger partial charge is 0.193 e. The van der Waals surface area contributed by atoms with Crippen molar-refractivity contribution in [1.29, 1.82) is 0 Å². The first kappa shape index (κ1) is 21.9. The Bertz CT molecular complexity index is 479. The van der Waals surface area contributed by atoms with Crippen molar-refractivity contribution in [3.63, 3.8) is 0 Å². The number of hydrogen-bond acceptors (Lipinski definition) is 2. The largest absolute Gasteiger partial charge is 0.386 e. The number of nitrogens with one attached hydrogen (secondary N) is 1. The normalized spacial score (nSPS) is 12.3. The lowest BCUT2D eigenvalue weighted by atomic mass is 10.1. The molecule has 6 heteroatoms. The fraction of sp³-hybridized carbons (Fsp3) is 0.471. The highest BCUT2D eigenvalue weighted by atomic mass is 127. The van der Waals surface area contributed by atoms with Crippen LogP contribution in [0.2, 0.25) is 0 Å². The first-order valence-corrected chi connectivity index (χ1v) is 7.62. The molecule has 1 aromatic rings. The minimum absolute atomic E-state index is 0. The molecule has 0 saturated heterocycles. The molecule has 23 heavy (non-hydrogen) atoms. The van der Waals surface area contributed by atoms with E-state index in [1.807, 2.05) is 24.9 Å². The topological polar surface area (TPSA) is 47.9 Å². The first-order chi connectivity index (χ1) is 10.6. The molecule has 4 nitrogen and oxygen atoms in total. The number of aliphatic imine (C=N–C) groups is 1. The number of benzene rings is 1. The molecule has 0 bridgehead atoms. The van der Waals surface area contributed by atoms with Crippen LogP contribution in [0.25, 0.3) is 0 Å². The fourth-order valence-corrected chi connectivity index (χ4v) is 2.01. The number of guanidine groups is 1. The van der Waals surface area contributed by atoms with Gasteiger partial charge in [-0.1, -0.05) is 18.2 Å². The molecule has 0 saturated carbocycles. The van der Waals surface area contributed by atoms with Crippen molar-refractivity contribution in [3.05, 3.63) is 48.3 Å². The Morgan fingerprint density at radius 1 is 1.43 bits per heavy atom. The molecule has 0 aliphatic heterocycles. The maximum absolute atomic E-state index is 12.9. The molecule has 130 valence electrons. The molecular formula is C17H27FIN3O. The zero-order valence-corrected chi connectivity index (χ0v) is 16.2. The summed E-state index contributed by atoms with van der Waals surface area (Å²) < 4.78 is 12.9. The van der Waals surface area contributed by atoms with Crippen molar-refractivity contribution in [2.24, 2.45) is 4.99 Å². The van der Waals surface area contributed by atoms with Gasteiger partial charge in [0.1, 0.15) is 5.82 Å². The fourth-order valence-electron chi connectivity index (χ4n) is 2.01. The van der Waals surface area contributed by atoms with Gasteiger partial charge in [-0.3, -0.25) is 4.99 Å². The van der Waals surface area contributed by atoms with Gasteiger partial charge in [-0.05, 0) is 37.5 Å². The molecular weight excluding hydrogens is 408 g/mol. The van der Waals surface area contributed by atoms with Gasteiger partial charge in [0, 0.05) is 20.1 Å². The Hall–Kier alpha value is -1.15. The zero-order chi connectivity index (χ0) is 16.4. The standard InChI is InChI=1S/C17H26FN3O.HI/c1-4-6-7-12-21(3)17(19-5-2)20-13-16(22)14-8-10-15(18)11-9-14;/h4,8-11,16,22H,1,5-7,12-13H2,2-3H3,(H,19,20);1H. The number of aliphatic hydroxyl groups excluding tert-OH is 1. The summed E-state index contributed by atoms with van der Waals surface area (Å²) in [4.78, 5) is 6.48. The second kappa shape index (κ2) is 12.3. The molecule has 1 aromatic carbocycles. The number of hydrogen-bond donors (Lipinski definition) is 2. The van der Waals surface area contributed by atoms with Crippen LogP contribution in [0.4, 0.5) is 4.39 Å². The molecule has 0 heterocycles.